The Labute approximate surface area is 156 Å². The number of nitrogens with zero attached hydrogens (tertiary/aromatic N) is 1. The van der Waals surface area contributed by atoms with E-state index in [-0.39, 0.29) is 11.8 Å². The highest BCUT2D eigenvalue weighted by molar-refractivity contribution is 5.85. The largest absolute Gasteiger partial charge is 0.496 e. The minimum atomic E-state index is -0.632. The van der Waals surface area contributed by atoms with Gasteiger partial charge in [-0.3, -0.25) is 4.79 Å². The van der Waals surface area contributed by atoms with Crippen LogP contribution in [0.25, 0.3) is 0 Å². The van der Waals surface area contributed by atoms with Crippen LogP contribution in [0.4, 0.5) is 4.79 Å². The van der Waals surface area contributed by atoms with E-state index in [4.69, 9.17) is 9.47 Å². The highest BCUT2D eigenvalue weighted by Crippen LogP contribution is 2.18. The van der Waals surface area contributed by atoms with Crippen LogP contribution in [-0.2, 0) is 16.0 Å². The van der Waals surface area contributed by atoms with Crippen molar-refractivity contribution in [1.29, 1.82) is 0 Å². The number of hydrogen-bond acceptors (Lipinski definition) is 4. The maximum absolute atomic E-state index is 12.8. The first-order valence-corrected chi connectivity index (χ1v) is 8.91. The van der Waals surface area contributed by atoms with Crippen molar-refractivity contribution in [3.05, 3.63) is 29.8 Å². The highest BCUT2D eigenvalue weighted by Gasteiger charge is 2.29. The van der Waals surface area contributed by atoms with Crippen LogP contribution in [0.15, 0.2) is 24.3 Å². The highest BCUT2D eigenvalue weighted by atomic mass is 16.6. The molecule has 0 aliphatic rings. The van der Waals surface area contributed by atoms with E-state index < -0.39 is 17.7 Å². The Hall–Kier alpha value is -2.24. The number of alkyl carbamates (subject to hydrolysis) is 1. The van der Waals surface area contributed by atoms with Gasteiger partial charge in [-0.25, -0.2) is 4.79 Å². The molecule has 26 heavy (non-hydrogen) atoms. The summed E-state index contributed by atoms with van der Waals surface area (Å²) in [6.07, 6.45) is 0.0893. The molecule has 1 aromatic rings. The second kappa shape index (κ2) is 9.46. The van der Waals surface area contributed by atoms with E-state index in [0.29, 0.717) is 13.0 Å². The second-order valence-electron chi connectivity index (χ2n) is 7.69. The van der Waals surface area contributed by atoms with Crippen LogP contribution in [-0.4, -0.2) is 49.2 Å². The SMILES string of the molecule is COc1ccccc1CCN(C)C(=O)C(NC(=O)OC(C)(C)C)C(C)C. The van der Waals surface area contributed by atoms with Gasteiger partial charge in [0.05, 0.1) is 7.11 Å². The van der Waals surface area contributed by atoms with E-state index in [0.717, 1.165) is 11.3 Å². The van der Waals surface area contributed by atoms with Gasteiger partial charge in [0.25, 0.3) is 0 Å². The summed E-state index contributed by atoms with van der Waals surface area (Å²) in [5, 5.41) is 2.70. The zero-order valence-corrected chi connectivity index (χ0v) is 17.0. The van der Waals surface area contributed by atoms with Gasteiger partial charge in [-0.1, -0.05) is 32.0 Å². The summed E-state index contributed by atoms with van der Waals surface area (Å²) in [7, 11) is 3.37. The summed E-state index contributed by atoms with van der Waals surface area (Å²) >= 11 is 0. The van der Waals surface area contributed by atoms with Gasteiger partial charge in [0.1, 0.15) is 17.4 Å². The van der Waals surface area contributed by atoms with Crippen LogP contribution < -0.4 is 10.1 Å². The van der Waals surface area contributed by atoms with Crippen LogP contribution >= 0.6 is 0 Å². The molecule has 0 bridgehead atoms. The maximum atomic E-state index is 12.8. The molecule has 1 aromatic carbocycles. The van der Waals surface area contributed by atoms with Crippen LogP contribution in [0.2, 0.25) is 0 Å². The van der Waals surface area contributed by atoms with Gasteiger partial charge in [0.2, 0.25) is 5.91 Å². The fourth-order valence-electron chi connectivity index (χ4n) is 2.49. The number of rotatable bonds is 7. The summed E-state index contributed by atoms with van der Waals surface area (Å²) in [5.41, 5.74) is 0.431. The number of para-hydroxylation sites is 1. The van der Waals surface area contributed by atoms with Gasteiger partial charge in [-0.15, -0.1) is 0 Å². The lowest BCUT2D eigenvalue weighted by molar-refractivity contribution is -0.133. The fraction of sp³-hybridized carbons (Fsp3) is 0.600. The first-order chi connectivity index (χ1) is 12.0. The predicted molar refractivity (Wildman–Crippen MR) is 102 cm³/mol. The first-order valence-electron chi connectivity index (χ1n) is 8.91. The number of carbonyl (C=O) groups excluding carboxylic acids is 2. The lowest BCUT2D eigenvalue weighted by atomic mass is 10.0. The van der Waals surface area contributed by atoms with E-state index in [1.54, 1.807) is 39.8 Å². The first kappa shape index (κ1) is 21.8. The molecule has 0 heterocycles. The molecule has 146 valence electrons. The number of benzene rings is 1. The van der Waals surface area contributed by atoms with Crippen molar-refractivity contribution < 1.29 is 19.1 Å². The minimum Gasteiger partial charge on any atom is -0.496 e. The van der Waals surface area contributed by atoms with Gasteiger partial charge >= 0.3 is 6.09 Å². The summed E-state index contributed by atoms with van der Waals surface area (Å²) in [4.78, 5) is 26.5. The normalized spacial score (nSPS) is 12.5. The smallest absolute Gasteiger partial charge is 0.408 e. The van der Waals surface area contributed by atoms with Crippen molar-refractivity contribution in [1.82, 2.24) is 10.2 Å². The van der Waals surface area contributed by atoms with Gasteiger partial charge in [0, 0.05) is 13.6 Å². The van der Waals surface area contributed by atoms with Crippen molar-refractivity contribution in [3.63, 3.8) is 0 Å². The third kappa shape index (κ3) is 6.94. The molecular formula is C20H32N2O4. The number of methoxy groups -OCH3 is 1. The molecule has 1 rings (SSSR count). The van der Waals surface area contributed by atoms with Crippen LogP contribution in [0, 0.1) is 5.92 Å². The summed E-state index contributed by atoms with van der Waals surface area (Å²) in [6.45, 7) is 9.69. The average molecular weight is 364 g/mol. The number of amides is 2. The Bertz CT molecular complexity index is 608. The molecule has 0 fully saturated rings. The van der Waals surface area contributed by atoms with E-state index in [9.17, 15) is 9.59 Å². The Morgan fingerprint density at radius 3 is 2.35 bits per heavy atom. The molecule has 1 N–H and O–H groups in total. The molecule has 2 amide bonds. The minimum absolute atomic E-state index is 0.0521. The summed E-state index contributed by atoms with van der Waals surface area (Å²) in [5.74, 6) is 0.616. The van der Waals surface area contributed by atoms with Crippen LogP contribution in [0.5, 0.6) is 5.75 Å². The van der Waals surface area contributed by atoms with E-state index in [2.05, 4.69) is 5.32 Å². The molecule has 0 radical (unpaired) electrons. The third-order valence-corrected chi connectivity index (χ3v) is 3.89. The monoisotopic (exact) mass is 364 g/mol. The molecule has 0 saturated carbocycles. The second-order valence-corrected chi connectivity index (χ2v) is 7.69. The Morgan fingerprint density at radius 1 is 1.19 bits per heavy atom. The van der Waals surface area contributed by atoms with Crippen LogP contribution in [0.1, 0.15) is 40.2 Å². The molecule has 0 saturated heterocycles. The topological polar surface area (TPSA) is 67.9 Å². The predicted octanol–water partition coefficient (Wildman–Crippen LogP) is 3.25. The molecule has 0 aromatic heterocycles. The average Bonchev–Trinajstić information content (AvgIpc) is 2.55. The molecule has 0 aliphatic heterocycles. The molecule has 6 heteroatoms. The zero-order valence-electron chi connectivity index (χ0n) is 17.0. The standard InChI is InChI=1S/C20H32N2O4/c1-14(2)17(21-19(24)26-20(3,4)5)18(23)22(6)13-12-15-10-8-9-11-16(15)25-7/h8-11,14,17H,12-13H2,1-7H3,(H,21,24). The summed E-state index contributed by atoms with van der Waals surface area (Å²) in [6, 6.07) is 7.11. The molecular weight excluding hydrogens is 332 g/mol. The lowest BCUT2D eigenvalue weighted by Crippen LogP contribution is -2.51. The van der Waals surface area contributed by atoms with Gasteiger partial charge < -0.3 is 19.7 Å². The van der Waals surface area contributed by atoms with E-state index in [1.165, 1.54) is 0 Å². The summed E-state index contributed by atoms with van der Waals surface area (Å²) < 4.78 is 10.6. The quantitative estimate of drug-likeness (QED) is 0.806. The zero-order chi connectivity index (χ0) is 19.9. The Balaban J connectivity index is 2.71. The molecule has 0 aliphatic carbocycles. The molecule has 6 nitrogen and oxygen atoms in total. The van der Waals surface area contributed by atoms with E-state index in [1.807, 2.05) is 38.1 Å². The number of ether oxygens (including phenoxy) is 2. The Morgan fingerprint density at radius 2 is 1.81 bits per heavy atom. The van der Waals surface area contributed by atoms with Crippen molar-refractivity contribution in [3.8, 4) is 5.75 Å². The molecule has 1 atom stereocenters. The maximum Gasteiger partial charge on any atom is 0.408 e. The number of hydrogen-bond donors (Lipinski definition) is 1. The van der Waals surface area contributed by atoms with Crippen molar-refractivity contribution in [2.45, 2.75) is 52.7 Å². The fourth-order valence-corrected chi connectivity index (χ4v) is 2.49. The number of likely N-dealkylation sites (N-methyl/N-ethyl adjacent to an activating group) is 1. The number of nitrogens with one attached hydrogen (secondary N) is 1. The van der Waals surface area contributed by atoms with Crippen molar-refractivity contribution in [2.24, 2.45) is 5.92 Å². The van der Waals surface area contributed by atoms with Gasteiger partial charge in [-0.2, -0.15) is 0 Å². The molecule has 0 spiro atoms. The third-order valence-electron chi connectivity index (χ3n) is 3.89. The lowest BCUT2D eigenvalue weighted by Gasteiger charge is -2.28. The van der Waals surface area contributed by atoms with Crippen molar-refractivity contribution in [2.75, 3.05) is 20.7 Å². The van der Waals surface area contributed by atoms with Gasteiger partial charge in [-0.05, 0) is 44.7 Å². The van der Waals surface area contributed by atoms with Gasteiger partial charge in [0.15, 0.2) is 0 Å². The van der Waals surface area contributed by atoms with E-state index >= 15 is 0 Å². The Kier molecular flexibility index (Phi) is 7.93. The molecule has 1 unspecified atom stereocenters. The van der Waals surface area contributed by atoms with Crippen molar-refractivity contribution >= 4 is 12.0 Å². The number of carbonyl (C=O) groups is 2. The van der Waals surface area contributed by atoms with Crippen LogP contribution in [0.3, 0.4) is 0 Å².